The van der Waals surface area contributed by atoms with Crippen LogP contribution in [0.5, 0.6) is 0 Å². The van der Waals surface area contributed by atoms with Gasteiger partial charge >= 0.3 is 7.12 Å². The summed E-state index contributed by atoms with van der Waals surface area (Å²) in [5.41, 5.74) is 1.29. The summed E-state index contributed by atoms with van der Waals surface area (Å²) in [4.78, 5) is 12.4. The summed E-state index contributed by atoms with van der Waals surface area (Å²) in [6, 6.07) is 16.7. The standard InChI is InChI=1S/C19H22BNO3/c1-18(2)19(3,4)24-20(23-18)15-12-8-9-13-16(15)21-17(22)14-10-6-5-7-11-14/h5-13H,1-4H3,(H,21,22). The summed E-state index contributed by atoms with van der Waals surface area (Å²) in [5, 5.41) is 2.96. The first-order valence-electron chi connectivity index (χ1n) is 8.11. The number of hydrogen-bond acceptors (Lipinski definition) is 3. The number of carbonyl (C=O) groups excluding carboxylic acids is 1. The van der Waals surface area contributed by atoms with E-state index in [0.717, 1.165) is 5.46 Å². The smallest absolute Gasteiger partial charge is 0.399 e. The topological polar surface area (TPSA) is 47.6 Å². The van der Waals surface area contributed by atoms with Gasteiger partial charge in [-0.15, -0.1) is 0 Å². The van der Waals surface area contributed by atoms with E-state index in [1.165, 1.54) is 0 Å². The van der Waals surface area contributed by atoms with Crippen LogP contribution in [0.15, 0.2) is 54.6 Å². The number of carbonyl (C=O) groups is 1. The second-order valence-corrected chi connectivity index (χ2v) is 7.00. The first-order chi connectivity index (χ1) is 11.3. The molecule has 0 aliphatic carbocycles. The van der Waals surface area contributed by atoms with Gasteiger partial charge < -0.3 is 14.6 Å². The van der Waals surface area contributed by atoms with Crippen LogP contribution in [-0.4, -0.2) is 24.2 Å². The zero-order valence-corrected chi connectivity index (χ0v) is 14.5. The highest BCUT2D eigenvalue weighted by Crippen LogP contribution is 2.37. The third kappa shape index (κ3) is 3.10. The monoisotopic (exact) mass is 323 g/mol. The summed E-state index contributed by atoms with van der Waals surface area (Å²) in [6.45, 7) is 8.05. The fourth-order valence-corrected chi connectivity index (χ4v) is 2.57. The minimum Gasteiger partial charge on any atom is -0.399 e. The predicted octanol–water partition coefficient (Wildman–Crippen LogP) is 3.24. The minimum absolute atomic E-state index is 0.153. The molecule has 5 heteroatoms. The number of hydrogen-bond donors (Lipinski definition) is 1. The van der Waals surface area contributed by atoms with E-state index < -0.39 is 18.3 Å². The number of rotatable bonds is 3. The minimum atomic E-state index is -0.512. The summed E-state index contributed by atoms with van der Waals surface area (Å²) >= 11 is 0. The number of anilines is 1. The molecule has 24 heavy (non-hydrogen) atoms. The molecule has 1 saturated heterocycles. The Morgan fingerprint density at radius 1 is 0.875 bits per heavy atom. The van der Waals surface area contributed by atoms with Gasteiger partial charge in [0.1, 0.15) is 0 Å². The Labute approximate surface area is 143 Å². The van der Waals surface area contributed by atoms with Gasteiger partial charge in [-0.05, 0) is 45.9 Å². The van der Waals surface area contributed by atoms with Gasteiger partial charge in [0.05, 0.1) is 11.2 Å². The van der Waals surface area contributed by atoms with Gasteiger partial charge in [-0.2, -0.15) is 0 Å². The molecule has 124 valence electrons. The Morgan fingerprint density at radius 3 is 2.04 bits per heavy atom. The van der Waals surface area contributed by atoms with E-state index >= 15 is 0 Å². The van der Waals surface area contributed by atoms with E-state index in [-0.39, 0.29) is 5.91 Å². The van der Waals surface area contributed by atoms with E-state index in [2.05, 4.69) is 5.32 Å². The quantitative estimate of drug-likeness (QED) is 0.882. The molecule has 0 spiro atoms. The molecule has 1 aliphatic rings. The normalized spacial score (nSPS) is 18.4. The van der Waals surface area contributed by atoms with Crippen molar-refractivity contribution in [3.05, 3.63) is 60.2 Å². The van der Waals surface area contributed by atoms with Crippen molar-refractivity contribution in [2.75, 3.05) is 5.32 Å². The maximum atomic E-state index is 12.4. The lowest BCUT2D eigenvalue weighted by molar-refractivity contribution is 0.00578. The molecule has 0 aromatic heterocycles. The van der Waals surface area contributed by atoms with Crippen LogP contribution in [0, 0.1) is 0 Å². The molecule has 1 heterocycles. The predicted molar refractivity (Wildman–Crippen MR) is 96.6 cm³/mol. The molecule has 0 unspecified atom stereocenters. The third-order valence-corrected chi connectivity index (χ3v) is 4.75. The van der Waals surface area contributed by atoms with Crippen LogP contribution >= 0.6 is 0 Å². The van der Waals surface area contributed by atoms with Gasteiger partial charge in [-0.1, -0.05) is 36.4 Å². The average molecular weight is 323 g/mol. The number of benzene rings is 2. The molecule has 0 saturated carbocycles. The van der Waals surface area contributed by atoms with Crippen molar-refractivity contribution in [2.45, 2.75) is 38.9 Å². The zero-order valence-electron chi connectivity index (χ0n) is 14.5. The highest BCUT2D eigenvalue weighted by molar-refractivity contribution is 6.64. The average Bonchev–Trinajstić information content (AvgIpc) is 2.76. The van der Waals surface area contributed by atoms with Crippen LogP contribution in [-0.2, 0) is 9.31 Å². The lowest BCUT2D eigenvalue weighted by Crippen LogP contribution is -2.41. The fraction of sp³-hybridized carbons (Fsp3) is 0.316. The first kappa shape index (κ1) is 16.7. The van der Waals surface area contributed by atoms with E-state index in [4.69, 9.17) is 9.31 Å². The van der Waals surface area contributed by atoms with E-state index in [9.17, 15) is 4.79 Å². The molecule has 1 aliphatic heterocycles. The first-order valence-corrected chi connectivity index (χ1v) is 8.11. The number of amides is 1. The van der Waals surface area contributed by atoms with Crippen molar-refractivity contribution in [1.29, 1.82) is 0 Å². The summed E-state index contributed by atoms with van der Waals surface area (Å²) < 4.78 is 12.2. The maximum absolute atomic E-state index is 12.4. The Bertz CT molecular complexity index is 727. The molecule has 2 aromatic rings. The van der Waals surface area contributed by atoms with Crippen molar-refractivity contribution in [2.24, 2.45) is 0 Å². The van der Waals surface area contributed by atoms with E-state index in [1.807, 2.05) is 70.2 Å². The highest BCUT2D eigenvalue weighted by atomic mass is 16.7. The summed E-state index contributed by atoms with van der Waals surface area (Å²) in [5.74, 6) is -0.153. The molecular weight excluding hydrogens is 301 g/mol. The number of para-hydroxylation sites is 1. The fourth-order valence-electron chi connectivity index (χ4n) is 2.57. The van der Waals surface area contributed by atoms with Gasteiger partial charge in [0.25, 0.3) is 5.91 Å². The van der Waals surface area contributed by atoms with Crippen LogP contribution < -0.4 is 10.8 Å². The molecule has 4 nitrogen and oxygen atoms in total. The molecule has 0 radical (unpaired) electrons. The molecule has 0 bridgehead atoms. The van der Waals surface area contributed by atoms with Gasteiger partial charge in [0, 0.05) is 16.7 Å². The summed E-state index contributed by atoms with van der Waals surface area (Å²) in [6.07, 6.45) is 0. The molecular formula is C19H22BNO3. The molecule has 3 rings (SSSR count). The lowest BCUT2D eigenvalue weighted by atomic mass is 9.77. The highest BCUT2D eigenvalue weighted by Gasteiger charge is 2.52. The van der Waals surface area contributed by atoms with Crippen molar-refractivity contribution in [1.82, 2.24) is 0 Å². The van der Waals surface area contributed by atoms with Crippen LogP contribution in [0.4, 0.5) is 5.69 Å². The van der Waals surface area contributed by atoms with E-state index in [0.29, 0.717) is 11.3 Å². The lowest BCUT2D eigenvalue weighted by Gasteiger charge is -2.32. The molecule has 1 N–H and O–H groups in total. The maximum Gasteiger partial charge on any atom is 0.496 e. The van der Waals surface area contributed by atoms with Crippen molar-refractivity contribution in [3.63, 3.8) is 0 Å². The van der Waals surface area contributed by atoms with E-state index in [1.54, 1.807) is 12.1 Å². The van der Waals surface area contributed by atoms with Crippen LogP contribution in [0.25, 0.3) is 0 Å². The second kappa shape index (κ2) is 6.08. The summed E-state index contributed by atoms with van der Waals surface area (Å²) in [7, 11) is -0.512. The largest absolute Gasteiger partial charge is 0.496 e. The van der Waals surface area contributed by atoms with Crippen LogP contribution in [0.3, 0.4) is 0 Å². The van der Waals surface area contributed by atoms with Crippen molar-refractivity contribution >= 4 is 24.2 Å². The Kier molecular flexibility index (Phi) is 4.24. The Morgan fingerprint density at radius 2 is 1.42 bits per heavy atom. The van der Waals surface area contributed by atoms with Crippen LogP contribution in [0.1, 0.15) is 38.1 Å². The van der Waals surface area contributed by atoms with Gasteiger partial charge in [-0.3, -0.25) is 4.79 Å². The Hall–Kier alpha value is -2.11. The van der Waals surface area contributed by atoms with Gasteiger partial charge in [0.15, 0.2) is 0 Å². The zero-order chi connectivity index (χ0) is 17.4. The van der Waals surface area contributed by atoms with Gasteiger partial charge in [-0.25, -0.2) is 0 Å². The van der Waals surface area contributed by atoms with Crippen LogP contribution in [0.2, 0.25) is 0 Å². The van der Waals surface area contributed by atoms with Crippen molar-refractivity contribution in [3.8, 4) is 0 Å². The second-order valence-electron chi connectivity index (χ2n) is 7.00. The Balaban J connectivity index is 1.86. The van der Waals surface area contributed by atoms with Gasteiger partial charge in [0.2, 0.25) is 0 Å². The SMILES string of the molecule is CC1(C)OB(c2ccccc2NC(=O)c2ccccc2)OC1(C)C. The molecule has 2 aromatic carbocycles. The molecule has 0 atom stereocenters. The molecule has 1 fully saturated rings. The third-order valence-electron chi connectivity index (χ3n) is 4.75. The van der Waals surface area contributed by atoms with Crippen molar-refractivity contribution < 1.29 is 14.1 Å². The molecule has 1 amide bonds. The number of nitrogens with one attached hydrogen (secondary N) is 1.